The highest BCUT2D eigenvalue weighted by Crippen LogP contribution is 2.32. The quantitative estimate of drug-likeness (QED) is 0.807. The Kier molecular flexibility index (Phi) is 2.44. The van der Waals surface area contributed by atoms with Crippen molar-refractivity contribution in [2.24, 2.45) is 0 Å². The summed E-state index contributed by atoms with van der Waals surface area (Å²) in [6.45, 7) is 1.94. The number of pyridine rings is 1. The Morgan fingerprint density at radius 1 is 1.50 bits per heavy atom. The van der Waals surface area contributed by atoms with Crippen molar-refractivity contribution >= 4 is 28.8 Å². The van der Waals surface area contributed by atoms with Gasteiger partial charge in [-0.2, -0.15) is 0 Å². The highest BCUT2D eigenvalue weighted by molar-refractivity contribution is 7.15. The maximum atomic E-state index is 6.03. The zero-order valence-electron chi connectivity index (χ0n) is 7.62. The predicted molar refractivity (Wildman–Crippen MR) is 61.7 cm³/mol. The number of thiophene rings is 1. The van der Waals surface area contributed by atoms with Gasteiger partial charge >= 0.3 is 0 Å². The second kappa shape index (κ2) is 3.59. The van der Waals surface area contributed by atoms with Crippen molar-refractivity contribution < 1.29 is 0 Å². The van der Waals surface area contributed by atoms with Crippen LogP contribution in [-0.2, 0) is 0 Å². The molecule has 2 rings (SSSR count). The first kappa shape index (κ1) is 9.49. The molecule has 2 aromatic rings. The molecule has 0 fully saturated rings. The van der Waals surface area contributed by atoms with Crippen molar-refractivity contribution in [3.05, 3.63) is 33.6 Å². The first-order chi connectivity index (χ1) is 6.68. The van der Waals surface area contributed by atoms with Gasteiger partial charge in [-0.3, -0.25) is 0 Å². The van der Waals surface area contributed by atoms with Gasteiger partial charge in [-0.05, 0) is 30.0 Å². The van der Waals surface area contributed by atoms with Crippen molar-refractivity contribution in [2.45, 2.75) is 6.92 Å². The van der Waals surface area contributed by atoms with Gasteiger partial charge in [-0.25, -0.2) is 4.98 Å². The maximum Gasteiger partial charge on any atom is 0.126 e. The first-order valence-electron chi connectivity index (χ1n) is 4.14. The molecule has 0 aromatic carbocycles. The summed E-state index contributed by atoms with van der Waals surface area (Å²) in [5, 5.41) is 1.96. The van der Waals surface area contributed by atoms with Crippen molar-refractivity contribution in [3.63, 3.8) is 0 Å². The molecule has 0 atom stereocenters. The molecule has 0 saturated heterocycles. The SMILES string of the molecule is Cc1cc(-c2ccsc2Cl)cnc1N. The minimum atomic E-state index is 0.570. The van der Waals surface area contributed by atoms with Crippen molar-refractivity contribution in [2.75, 3.05) is 5.73 Å². The van der Waals surface area contributed by atoms with E-state index in [9.17, 15) is 0 Å². The molecule has 14 heavy (non-hydrogen) atoms. The number of hydrogen-bond donors (Lipinski definition) is 1. The van der Waals surface area contributed by atoms with Crippen LogP contribution in [0.25, 0.3) is 11.1 Å². The average Bonchev–Trinajstić information content (AvgIpc) is 2.57. The average molecular weight is 225 g/mol. The van der Waals surface area contributed by atoms with Gasteiger partial charge < -0.3 is 5.73 Å². The normalized spacial score (nSPS) is 10.4. The van der Waals surface area contributed by atoms with Crippen LogP contribution in [0.4, 0.5) is 5.82 Å². The second-order valence-corrected chi connectivity index (χ2v) is 4.55. The number of nitrogens with two attached hydrogens (primary N) is 1. The Morgan fingerprint density at radius 2 is 2.29 bits per heavy atom. The molecule has 0 spiro atoms. The molecule has 2 nitrogen and oxygen atoms in total. The van der Waals surface area contributed by atoms with Crippen molar-refractivity contribution in [1.82, 2.24) is 4.98 Å². The van der Waals surface area contributed by atoms with Gasteiger partial charge in [0.1, 0.15) is 10.2 Å². The molecule has 0 bridgehead atoms. The van der Waals surface area contributed by atoms with Gasteiger partial charge in [0.25, 0.3) is 0 Å². The van der Waals surface area contributed by atoms with E-state index in [1.807, 2.05) is 24.4 Å². The zero-order valence-corrected chi connectivity index (χ0v) is 9.19. The van der Waals surface area contributed by atoms with E-state index < -0.39 is 0 Å². The number of hydrogen-bond acceptors (Lipinski definition) is 3. The molecule has 0 radical (unpaired) electrons. The Morgan fingerprint density at radius 3 is 2.86 bits per heavy atom. The smallest absolute Gasteiger partial charge is 0.126 e. The largest absolute Gasteiger partial charge is 0.383 e. The fraction of sp³-hybridized carbons (Fsp3) is 0.100. The molecule has 2 heterocycles. The molecule has 0 aliphatic rings. The summed E-state index contributed by atoms with van der Waals surface area (Å²) in [4.78, 5) is 4.10. The predicted octanol–water partition coefficient (Wildman–Crippen LogP) is 3.35. The van der Waals surface area contributed by atoms with Crippen LogP contribution < -0.4 is 5.73 Å². The molecule has 2 aromatic heterocycles. The zero-order chi connectivity index (χ0) is 10.1. The molecule has 0 unspecified atom stereocenters. The molecular weight excluding hydrogens is 216 g/mol. The van der Waals surface area contributed by atoms with Crippen molar-refractivity contribution in [1.29, 1.82) is 0 Å². The molecule has 0 saturated carbocycles. The van der Waals surface area contributed by atoms with Gasteiger partial charge in [-0.15, -0.1) is 11.3 Å². The van der Waals surface area contributed by atoms with E-state index in [1.54, 1.807) is 6.20 Å². The van der Waals surface area contributed by atoms with Gasteiger partial charge in [0, 0.05) is 17.3 Å². The highest BCUT2D eigenvalue weighted by Gasteiger charge is 2.06. The molecule has 0 aliphatic heterocycles. The molecular formula is C10H9ClN2S. The van der Waals surface area contributed by atoms with Crippen LogP contribution >= 0.6 is 22.9 Å². The van der Waals surface area contributed by atoms with E-state index in [1.165, 1.54) is 11.3 Å². The van der Waals surface area contributed by atoms with Crippen LogP contribution in [-0.4, -0.2) is 4.98 Å². The standard InChI is InChI=1S/C10H9ClN2S/c1-6-4-7(5-13-10(6)12)8-2-3-14-9(8)11/h2-5H,1H3,(H2,12,13). The van der Waals surface area contributed by atoms with Crippen LogP contribution in [0.15, 0.2) is 23.7 Å². The summed E-state index contributed by atoms with van der Waals surface area (Å²) in [6, 6.07) is 3.98. The number of aromatic nitrogens is 1. The summed E-state index contributed by atoms with van der Waals surface area (Å²) in [6.07, 6.45) is 1.75. The third-order valence-electron chi connectivity index (χ3n) is 2.05. The summed E-state index contributed by atoms with van der Waals surface area (Å²) < 4.78 is 0.788. The Balaban J connectivity index is 2.53. The van der Waals surface area contributed by atoms with E-state index >= 15 is 0 Å². The Hall–Kier alpha value is -1.06. The minimum absolute atomic E-state index is 0.570. The topological polar surface area (TPSA) is 38.9 Å². The fourth-order valence-corrected chi connectivity index (χ4v) is 2.20. The number of rotatable bonds is 1. The number of halogens is 1. The molecule has 0 aliphatic carbocycles. The lowest BCUT2D eigenvalue weighted by molar-refractivity contribution is 1.28. The fourth-order valence-electron chi connectivity index (χ4n) is 1.23. The van der Waals surface area contributed by atoms with Crippen LogP contribution in [0.2, 0.25) is 4.34 Å². The van der Waals surface area contributed by atoms with Crippen LogP contribution in [0.5, 0.6) is 0 Å². The number of nitrogen functional groups attached to an aromatic ring is 1. The Bertz CT molecular complexity index is 465. The summed E-state index contributed by atoms with van der Waals surface area (Å²) >= 11 is 7.54. The second-order valence-electron chi connectivity index (χ2n) is 3.03. The minimum Gasteiger partial charge on any atom is -0.383 e. The number of nitrogens with zero attached hydrogens (tertiary/aromatic N) is 1. The van der Waals surface area contributed by atoms with Crippen LogP contribution in [0.3, 0.4) is 0 Å². The summed E-state index contributed by atoms with van der Waals surface area (Å²) in [7, 11) is 0. The number of anilines is 1. The molecule has 0 amide bonds. The lowest BCUT2D eigenvalue weighted by atomic mass is 10.1. The third kappa shape index (κ3) is 1.61. The summed E-state index contributed by atoms with van der Waals surface area (Å²) in [5.74, 6) is 0.570. The van der Waals surface area contributed by atoms with Gasteiger partial charge in [0.05, 0.1) is 0 Å². The van der Waals surface area contributed by atoms with E-state index in [0.29, 0.717) is 5.82 Å². The van der Waals surface area contributed by atoms with Crippen LogP contribution in [0.1, 0.15) is 5.56 Å². The number of aryl methyl sites for hydroxylation is 1. The first-order valence-corrected chi connectivity index (χ1v) is 5.39. The summed E-state index contributed by atoms with van der Waals surface area (Å²) in [5.41, 5.74) is 8.65. The Labute approximate surface area is 91.4 Å². The van der Waals surface area contributed by atoms with Gasteiger partial charge in [-0.1, -0.05) is 11.6 Å². The van der Waals surface area contributed by atoms with E-state index in [-0.39, 0.29) is 0 Å². The maximum absolute atomic E-state index is 6.03. The molecule has 4 heteroatoms. The lowest BCUT2D eigenvalue weighted by Gasteiger charge is -2.02. The highest BCUT2D eigenvalue weighted by atomic mass is 35.5. The third-order valence-corrected chi connectivity index (χ3v) is 3.22. The van der Waals surface area contributed by atoms with Crippen molar-refractivity contribution in [3.8, 4) is 11.1 Å². The van der Waals surface area contributed by atoms with Gasteiger partial charge in [0.2, 0.25) is 0 Å². The van der Waals surface area contributed by atoms with E-state index in [2.05, 4.69) is 4.98 Å². The van der Waals surface area contributed by atoms with Gasteiger partial charge in [0.15, 0.2) is 0 Å². The van der Waals surface area contributed by atoms with Crippen LogP contribution in [0, 0.1) is 6.92 Å². The van der Waals surface area contributed by atoms with E-state index in [4.69, 9.17) is 17.3 Å². The monoisotopic (exact) mass is 224 g/mol. The lowest BCUT2D eigenvalue weighted by Crippen LogP contribution is -1.93. The molecule has 72 valence electrons. The van der Waals surface area contributed by atoms with E-state index in [0.717, 1.165) is 21.0 Å². The molecule has 2 N–H and O–H groups in total.